The summed E-state index contributed by atoms with van der Waals surface area (Å²) in [6.07, 6.45) is 3.43. The van der Waals surface area contributed by atoms with Crippen molar-refractivity contribution in [2.75, 3.05) is 7.11 Å². The second kappa shape index (κ2) is 7.57. The third-order valence-electron chi connectivity index (χ3n) is 3.87. The molecule has 0 aliphatic rings. The van der Waals surface area contributed by atoms with Gasteiger partial charge >= 0.3 is 0 Å². The van der Waals surface area contributed by atoms with Crippen molar-refractivity contribution in [1.29, 1.82) is 0 Å². The summed E-state index contributed by atoms with van der Waals surface area (Å²) in [5, 5.41) is 13.4. The highest BCUT2D eigenvalue weighted by Crippen LogP contribution is 2.20. The van der Waals surface area contributed by atoms with Crippen molar-refractivity contribution < 1.29 is 14.6 Å². The number of amides is 1. The Balaban J connectivity index is 1.75. The molecule has 6 heteroatoms. The van der Waals surface area contributed by atoms with E-state index in [9.17, 15) is 9.90 Å². The fraction of sp³-hybridized carbons (Fsp3) is 0.100. The lowest BCUT2D eigenvalue weighted by Gasteiger charge is -2.08. The van der Waals surface area contributed by atoms with Crippen LogP contribution in [0.2, 0.25) is 0 Å². The number of aromatic nitrogens is 1. The zero-order valence-corrected chi connectivity index (χ0v) is 14.5. The molecule has 0 saturated carbocycles. The normalized spacial score (nSPS) is 10.8. The average molecular weight is 349 g/mol. The van der Waals surface area contributed by atoms with Crippen molar-refractivity contribution in [1.82, 2.24) is 9.99 Å². The molecule has 132 valence electrons. The van der Waals surface area contributed by atoms with E-state index in [0.717, 1.165) is 16.9 Å². The number of phenolic OH excluding ortho intramolecular Hbond substituents is 1. The summed E-state index contributed by atoms with van der Waals surface area (Å²) in [4.78, 5) is 12.3. The first-order chi connectivity index (χ1) is 12.6. The van der Waals surface area contributed by atoms with Gasteiger partial charge in [-0.3, -0.25) is 4.79 Å². The molecule has 0 aliphatic carbocycles. The quantitative estimate of drug-likeness (QED) is 0.548. The van der Waals surface area contributed by atoms with Gasteiger partial charge in [-0.15, -0.1) is 0 Å². The summed E-state index contributed by atoms with van der Waals surface area (Å²) in [5.41, 5.74) is 5.60. The van der Waals surface area contributed by atoms with Gasteiger partial charge in [0.2, 0.25) is 0 Å². The van der Waals surface area contributed by atoms with E-state index in [2.05, 4.69) is 10.5 Å². The van der Waals surface area contributed by atoms with Crippen molar-refractivity contribution in [2.24, 2.45) is 5.10 Å². The van der Waals surface area contributed by atoms with Crippen LogP contribution in [0.25, 0.3) is 5.69 Å². The van der Waals surface area contributed by atoms with Crippen LogP contribution in [0.3, 0.4) is 0 Å². The lowest BCUT2D eigenvalue weighted by atomic mass is 10.1. The van der Waals surface area contributed by atoms with Crippen molar-refractivity contribution in [3.63, 3.8) is 0 Å². The number of benzene rings is 2. The van der Waals surface area contributed by atoms with Crippen molar-refractivity contribution in [2.45, 2.75) is 6.92 Å². The molecule has 0 aliphatic heterocycles. The van der Waals surface area contributed by atoms with Gasteiger partial charge in [-0.25, -0.2) is 5.43 Å². The molecule has 26 heavy (non-hydrogen) atoms. The highest BCUT2D eigenvalue weighted by Gasteiger charge is 2.11. The summed E-state index contributed by atoms with van der Waals surface area (Å²) in [6.45, 7) is 1.93. The maximum atomic E-state index is 12.3. The second-order valence-electron chi connectivity index (χ2n) is 5.72. The Bertz CT molecular complexity index is 943. The summed E-state index contributed by atoms with van der Waals surface area (Å²) in [7, 11) is 1.53. The third kappa shape index (κ3) is 3.75. The number of carbonyl (C=O) groups excluding carboxylic acids is 1. The van der Waals surface area contributed by atoms with Crippen LogP contribution in [0, 0.1) is 6.92 Å². The van der Waals surface area contributed by atoms with Gasteiger partial charge in [-0.05, 0) is 61.0 Å². The molecule has 2 aromatic carbocycles. The SMILES string of the molecule is COc1cc(C)ccc1C(=O)N/N=C\c1cccn1-c1ccc(O)cc1. The highest BCUT2D eigenvalue weighted by atomic mass is 16.5. The number of nitrogens with zero attached hydrogens (tertiary/aromatic N) is 2. The predicted molar refractivity (Wildman–Crippen MR) is 100 cm³/mol. The average Bonchev–Trinajstić information content (AvgIpc) is 3.10. The number of ether oxygens (including phenoxy) is 1. The number of methoxy groups -OCH3 is 1. The Kier molecular flexibility index (Phi) is 5.03. The molecular formula is C20H19N3O3. The zero-order chi connectivity index (χ0) is 18.5. The molecule has 1 heterocycles. The number of aryl methyl sites for hydroxylation is 1. The minimum absolute atomic E-state index is 0.204. The van der Waals surface area contributed by atoms with Gasteiger partial charge in [-0.1, -0.05) is 6.07 Å². The lowest BCUT2D eigenvalue weighted by Crippen LogP contribution is -2.18. The number of rotatable bonds is 5. The van der Waals surface area contributed by atoms with Crippen LogP contribution in [0.1, 0.15) is 21.6 Å². The smallest absolute Gasteiger partial charge is 0.275 e. The van der Waals surface area contributed by atoms with E-state index in [0.29, 0.717) is 11.3 Å². The number of aromatic hydroxyl groups is 1. The van der Waals surface area contributed by atoms with Gasteiger partial charge in [0.25, 0.3) is 5.91 Å². The monoisotopic (exact) mass is 349 g/mol. The van der Waals surface area contributed by atoms with E-state index in [1.165, 1.54) is 7.11 Å². The standard InChI is InChI=1S/C20H19N3O3/c1-14-5-10-18(19(12-14)26-2)20(25)22-21-13-16-4-3-11-23(16)15-6-8-17(24)9-7-15/h3-13,24H,1-2H3,(H,22,25)/b21-13-. The van der Waals surface area contributed by atoms with Crippen molar-refractivity contribution >= 4 is 12.1 Å². The molecule has 0 unspecified atom stereocenters. The van der Waals surface area contributed by atoms with E-state index in [4.69, 9.17) is 4.74 Å². The molecule has 0 bridgehead atoms. The van der Waals surface area contributed by atoms with Crippen LogP contribution < -0.4 is 10.2 Å². The molecule has 1 amide bonds. The summed E-state index contributed by atoms with van der Waals surface area (Å²) >= 11 is 0. The van der Waals surface area contributed by atoms with Gasteiger partial charge in [0.1, 0.15) is 11.5 Å². The second-order valence-corrected chi connectivity index (χ2v) is 5.72. The van der Waals surface area contributed by atoms with Crippen LogP contribution in [0.4, 0.5) is 0 Å². The molecule has 0 fully saturated rings. The highest BCUT2D eigenvalue weighted by molar-refractivity contribution is 5.97. The summed E-state index contributed by atoms with van der Waals surface area (Å²) in [5.74, 6) is 0.362. The van der Waals surface area contributed by atoms with Crippen LogP contribution in [0.15, 0.2) is 65.9 Å². The molecule has 0 saturated heterocycles. The Morgan fingerprint density at radius 3 is 2.69 bits per heavy atom. The summed E-state index contributed by atoms with van der Waals surface area (Å²) in [6, 6.07) is 15.9. The number of hydrogen-bond acceptors (Lipinski definition) is 4. The fourth-order valence-electron chi connectivity index (χ4n) is 2.55. The molecule has 2 N–H and O–H groups in total. The Morgan fingerprint density at radius 2 is 1.96 bits per heavy atom. The third-order valence-corrected chi connectivity index (χ3v) is 3.87. The van der Waals surface area contributed by atoms with Crippen molar-refractivity contribution in [3.05, 3.63) is 77.6 Å². The lowest BCUT2D eigenvalue weighted by molar-refractivity contribution is 0.0952. The van der Waals surface area contributed by atoms with E-state index in [-0.39, 0.29) is 11.7 Å². The van der Waals surface area contributed by atoms with Gasteiger partial charge in [0.05, 0.1) is 24.6 Å². The number of hydrazone groups is 1. The molecule has 0 spiro atoms. The zero-order valence-electron chi connectivity index (χ0n) is 14.5. The topological polar surface area (TPSA) is 75.8 Å². The van der Waals surface area contributed by atoms with Gasteiger partial charge in [0.15, 0.2) is 0 Å². The first-order valence-electron chi connectivity index (χ1n) is 8.03. The molecular weight excluding hydrogens is 330 g/mol. The van der Waals surface area contributed by atoms with Gasteiger partial charge in [-0.2, -0.15) is 5.10 Å². The largest absolute Gasteiger partial charge is 0.508 e. The van der Waals surface area contributed by atoms with E-state index >= 15 is 0 Å². The first-order valence-corrected chi connectivity index (χ1v) is 8.03. The number of phenols is 1. The molecule has 0 radical (unpaired) electrons. The van der Waals surface area contributed by atoms with E-state index in [1.54, 1.807) is 42.6 Å². The van der Waals surface area contributed by atoms with Crippen LogP contribution >= 0.6 is 0 Å². The first kappa shape index (κ1) is 17.3. The molecule has 3 aromatic rings. The van der Waals surface area contributed by atoms with Gasteiger partial charge in [0, 0.05) is 11.9 Å². The fourth-order valence-corrected chi connectivity index (χ4v) is 2.55. The molecule has 1 aromatic heterocycles. The molecule has 0 atom stereocenters. The Morgan fingerprint density at radius 1 is 1.19 bits per heavy atom. The minimum Gasteiger partial charge on any atom is -0.508 e. The number of carbonyl (C=O) groups is 1. The van der Waals surface area contributed by atoms with Crippen molar-refractivity contribution in [3.8, 4) is 17.2 Å². The van der Waals surface area contributed by atoms with Crippen LogP contribution in [-0.4, -0.2) is 28.9 Å². The number of nitrogens with one attached hydrogen (secondary N) is 1. The molecule has 3 rings (SSSR count). The number of hydrogen-bond donors (Lipinski definition) is 2. The predicted octanol–water partition coefficient (Wildman–Crippen LogP) is 3.26. The minimum atomic E-state index is -0.346. The maximum Gasteiger partial charge on any atom is 0.275 e. The van der Waals surface area contributed by atoms with Gasteiger partial charge < -0.3 is 14.4 Å². The Labute approximate surface area is 151 Å². The maximum absolute atomic E-state index is 12.3. The van der Waals surface area contributed by atoms with Crippen LogP contribution in [0.5, 0.6) is 11.5 Å². The molecule has 6 nitrogen and oxygen atoms in total. The van der Waals surface area contributed by atoms with E-state index in [1.807, 2.05) is 35.9 Å². The summed E-state index contributed by atoms with van der Waals surface area (Å²) < 4.78 is 7.14. The Hall–Kier alpha value is -3.54. The van der Waals surface area contributed by atoms with E-state index < -0.39 is 0 Å². The van der Waals surface area contributed by atoms with Crippen LogP contribution in [-0.2, 0) is 0 Å².